The Balaban J connectivity index is 1.69. The molecular formula is C21H28O4. The lowest BCUT2D eigenvalue weighted by Crippen LogP contribution is -2.53. The first kappa shape index (κ1) is 17.0. The number of aliphatic hydroxyl groups excluding tert-OH is 1. The lowest BCUT2D eigenvalue weighted by atomic mass is 9.48. The van der Waals surface area contributed by atoms with Gasteiger partial charge in [-0.2, -0.15) is 0 Å². The van der Waals surface area contributed by atoms with Gasteiger partial charge >= 0.3 is 5.97 Å². The van der Waals surface area contributed by atoms with E-state index < -0.39 is 6.10 Å². The number of rotatable bonds is 1. The van der Waals surface area contributed by atoms with Crippen LogP contribution in [0, 0.1) is 28.6 Å². The van der Waals surface area contributed by atoms with Gasteiger partial charge in [-0.3, -0.25) is 9.59 Å². The van der Waals surface area contributed by atoms with Gasteiger partial charge in [0.1, 0.15) is 11.9 Å². The number of aliphatic hydroxyl groups is 1. The van der Waals surface area contributed by atoms with Gasteiger partial charge in [0, 0.05) is 30.6 Å². The smallest absolute Gasteiger partial charge is 0.303 e. The Morgan fingerprint density at radius 3 is 2.76 bits per heavy atom. The van der Waals surface area contributed by atoms with Crippen molar-refractivity contribution in [2.75, 3.05) is 0 Å². The van der Waals surface area contributed by atoms with Crippen molar-refractivity contribution < 1.29 is 19.4 Å². The highest BCUT2D eigenvalue weighted by molar-refractivity contribution is 5.87. The molecule has 0 aromatic carbocycles. The molecule has 0 amide bonds. The molecule has 0 heterocycles. The predicted molar refractivity (Wildman–Crippen MR) is 93.6 cm³/mol. The van der Waals surface area contributed by atoms with Gasteiger partial charge < -0.3 is 9.84 Å². The fraction of sp³-hybridized carbons (Fsp3) is 0.714. The Bertz CT molecular complexity index is 677. The molecule has 4 nitrogen and oxygen atoms in total. The molecule has 4 rings (SSSR count). The van der Waals surface area contributed by atoms with Crippen molar-refractivity contribution >= 4 is 11.8 Å². The summed E-state index contributed by atoms with van der Waals surface area (Å²) in [6.45, 7) is 5.80. The second-order valence-electron chi connectivity index (χ2n) is 8.88. The summed E-state index contributed by atoms with van der Waals surface area (Å²) in [6.07, 6.45) is 9.59. The maximum absolute atomic E-state index is 12.5. The third-order valence-electron chi connectivity index (χ3n) is 7.67. The van der Waals surface area contributed by atoms with E-state index in [1.807, 2.05) is 12.2 Å². The average molecular weight is 344 g/mol. The van der Waals surface area contributed by atoms with Crippen LogP contribution in [0.3, 0.4) is 0 Å². The number of hydrogen-bond acceptors (Lipinski definition) is 4. The van der Waals surface area contributed by atoms with Gasteiger partial charge in [-0.1, -0.05) is 31.6 Å². The first-order valence-corrected chi connectivity index (χ1v) is 9.55. The predicted octanol–water partition coefficient (Wildman–Crippen LogP) is 3.20. The van der Waals surface area contributed by atoms with Crippen molar-refractivity contribution in [2.45, 2.75) is 65.1 Å². The van der Waals surface area contributed by atoms with Crippen molar-refractivity contribution in [3.05, 3.63) is 23.8 Å². The Hall–Kier alpha value is -1.42. The maximum Gasteiger partial charge on any atom is 0.303 e. The zero-order valence-electron chi connectivity index (χ0n) is 15.3. The SMILES string of the molecule is CC(=O)O[C@@H]1C=C[C@@]2(C)C(=C[C@@H](O)[C@@H]3[C@@H]2CC[C@]2(C)C(=O)CC[C@@H]32)C1. The summed E-state index contributed by atoms with van der Waals surface area (Å²) in [5.74, 6) is 0.890. The number of ether oxygens (including phenoxy) is 1. The van der Waals surface area contributed by atoms with Gasteiger partial charge in [0.15, 0.2) is 0 Å². The van der Waals surface area contributed by atoms with E-state index in [0.717, 1.165) is 19.3 Å². The fourth-order valence-electron chi connectivity index (χ4n) is 6.28. The zero-order valence-corrected chi connectivity index (χ0v) is 15.3. The minimum Gasteiger partial charge on any atom is -0.458 e. The molecule has 0 aliphatic heterocycles. The molecule has 0 spiro atoms. The Morgan fingerprint density at radius 1 is 1.28 bits per heavy atom. The summed E-state index contributed by atoms with van der Waals surface area (Å²) in [4.78, 5) is 23.7. The number of esters is 1. The maximum atomic E-state index is 12.5. The molecule has 0 bridgehead atoms. The topological polar surface area (TPSA) is 63.6 Å². The molecule has 25 heavy (non-hydrogen) atoms. The lowest BCUT2D eigenvalue weighted by Gasteiger charge is -2.56. The van der Waals surface area contributed by atoms with Crippen molar-refractivity contribution in [2.24, 2.45) is 28.6 Å². The molecule has 2 saturated carbocycles. The zero-order chi connectivity index (χ0) is 18.0. The fourth-order valence-corrected chi connectivity index (χ4v) is 6.28. The van der Waals surface area contributed by atoms with E-state index in [1.165, 1.54) is 12.5 Å². The second-order valence-corrected chi connectivity index (χ2v) is 8.88. The molecule has 0 radical (unpaired) electrons. The van der Waals surface area contributed by atoms with Gasteiger partial charge in [0.25, 0.3) is 0 Å². The molecule has 136 valence electrons. The molecule has 4 heteroatoms. The van der Waals surface area contributed by atoms with E-state index in [-0.39, 0.29) is 34.7 Å². The third kappa shape index (κ3) is 2.37. The third-order valence-corrected chi connectivity index (χ3v) is 7.67. The molecule has 4 aliphatic rings. The number of allylic oxidation sites excluding steroid dienone is 1. The molecule has 7 atom stereocenters. The van der Waals surface area contributed by atoms with Gasteiger partial charge in [0.05, 0.1) is 6.10 Å². The van der Waals surface area contributed by atoms with Crippen LogP contribution in [0.1, 0.15) is 52.9 Å². The minimum absolute atomic E-state index is 0.104. The second kappa shape index (κ2) is 5.54. The van der Waals surface area contributed by atoms with Crippen molar-refractivity contribution in [1.82, 2.24) is 0 Å². The molecule has 1 N–H and O–H groups in total. The first-order valence-electron chi connectivity index (χ1n) is 9.55. The highest BCUT2D eigenvalue weighted by Gasteiger charge is 2.60. The normalized spacial score (nSPS) is 48.2. The summed E-state index contributed by atoms with van der Waals surface area (Å²) >= 11 is 0. The van der Waals surface area contributed by atoms with E-state index in [2.05, 4.69) is 19.9 Å². The molecule has 0 aromatic heterocycles. The molecule has 4 aliphatic carbocycles. The van der Waals surface area contributed by atoms with Crippen LogP contribution in [-0.4, -0.2) is 29.1 Å². The Labute approximate surface area is 149 Å². The van der Waals surface area contributed by atoms with Gasteiger partial charge in [-0.05, 0) is 43.1 Å². The Morgan fingerprint density at radius 2 is 2.04 bits per heavy atom. The van der Waals surface area contributed by atoms with Crippen LogP contribution in [0.5, 0.6) is 0 Å². The van der Waals surface area contributed by atoms with E-state index in [1.54, 1.807) is 0 Å². The number of carbonyl (C=O) groups is 2. The highest BCUT2D eigenvalue weighted by Crippen LogP contribution is 2.63. The number of hydrogen-bond donors (Lipinski definition) is 1. The number of fused-ring (bicyclic) bond motifs is 5. The Kier molecular flexibility index (Phi) is 3.77. The standard InChI is InChI=1S/C21H28O4/c1-12(22)25-14-6-8-20(2)13(10-14)11-17(23)19-15-4-5-18(24)21(15,3)9-7-16(19)20/h6,8,11,14-17,19,23H,4-5,7,9-10H2,1-3H3/t14-,15+,16+,17-,19+,20+,21+/m1/s1. The van der Waals surface area contributed by atoms with Crippen molar-refractivity contribution in [3.63, 3.8) is 0 Å². The van der Waals surface area contributed by atoms with Gasteiger partial charge in [-0.15, -0.1) is 0 Å². The molecule has 0 saturated heterocycles. The van der Waals surface area contributed by atoms with Crippen LogP contribution in [0.2, 0.25) is 0 Å². The molecule has 0 aromatic rings. The van der Waals surface area contributed by atoms with E-state index in [0.29, 0.717) is 24.5 Å². The van der Waals surface area contributed by atoms with Gasteiger partial charge in [0.2, 0.25) is 0 Å². The van der Waals surface area contributed by atoms with Crippen LogP contribution in [0.4, 0.5) is 0 Å². The van der Waals surface area contributed by atoms with Crippen molar-refractivity contribution in [1.29, 1.82) is 0 Å². The first-order chi connectivity index (χ1) is 11.8. The summed E-state index contributed by atoms with van der Waals surface area (Å²) in [7, 11) is 0. The van der Waals surface area contributed by atoms with Crippen LogP contribution >= 0.6 is 0 Å². The summed E-state index contributed by atoms with van der Waals surface area (Å²) in [6, 6.07) is 0. The summed E-state index contributed by atoms with van der Waals surface area (Å²) in [5.41, 5.74) is 0.832. The summed E-state index contributed by atoms with van der Waals surface area (Å²) < 4.78 is 5.36. The van der Waals surface area contributed by atoms with E-state index in [4.69, 9.17) is 4.74 Å². The van der Waals surface area contributed by atoms with Crippen LogP contribution in [-0.2, 0) is 14.3 Å². The number of ketones is 1. The van der Waals surface area contributed by atoms with E-state index in [9.17, 15) is 14.7 Å². The van der Waals surface area contributed by atoms with Crippen molar-refractivity contribution in [3.8, 4) is 0 Å². The molecular weight excluding hydrogens is 316 g/mol. The monoisotopic (exact) mass is 344 g/mol. The molecule has 0 unspecified atom stereocenters. The van der Waals surface area contributed by atoms with Gasteiger partial charge in [-0.25, -0.2) is 0 Å². The van der Waals surface area contributed by atoms with Crippen LogP contribution in [0.25, 0.3) is 0 Å². The average Bonchev–Trinajstić information content (AvgIpc) is 2.84. The highest BCUT2D eigenvalue weighted by atomic mass is 16.5. The van der Waals surface area contributed by atoms with Crippen LogP contribution < -0.4 is 0 Å². The largest absolute Gasteiger partial charge is 0.458 e. The number of carbonyl (C=O) groups excluding carboxylic acids is 2. The lowest BCUT2D eigenvalue weighted by molar-refractivity contribution is -0.144. The van der Waals surface area contributed by atoms with Crippen LogP contribution in [0.15, 0.2) is 23.8 Å². The minimum atomic E-state index is -0.506. The van der Waals surface area contributed by atoms with E-state index >= 15 is 0 Å². The molecule has 2 fully saturated rings. The quantitative estimate of drug-likeness (QED) is 0.586. The number of Topliss-reactive ketones (excluding diaryl/α,β-unsaturated/α-hetero) is 1. The summed E-state index contributed by atoms with van der Waals surface area (Å²) in [5, 5.41) is 11.0.